The molecule has 0 aliphatic carbocycles. The van der Waals surface area contributed by atoms with E-state index in [0.717, 1.165) is 6.92 Å². The van der Waals surface area contributed by atoms with Crippen LogP contribution >= 0.6 is 0 Å². The number of aliphatic carboxylic acids is 1. The summed E-state index contributed by atoms with van der Waals surface area (Å²) in [5.74, 6) is -2.26. The summed E-state index contributed by atoms with van der Waals surface area (Å²) in [5, 5.41) is 10.7. The number of amides is 1. The van der Waals surface area contributed by atoms with Gasteiger partial charge in [0.1, 0.15) is 12.7 Å². The van der Waals surface area contributed by atoms with Crippen molar-refractivity contribution in [1.82, 2.24) is 5.32 Å². The summed E-state index contributed by atoms with van der Waals surface area (Å²) in [6.45, 7) is 0.396. The van der Waals surface area contributed by atoms with Crippen molar-refractivity contribution in [3.63, 3.8) is 0 Å². The van der Waals surface area contributed by atoms with Crippen molar-refractivity contribution in [2.75, 3.05) is 18.2 Å². The molecule has 82 valence electrons. The molecule has 0 aliphatic heterocycles. The Kier molecular flexibility index (Phi) is 6.02. The summed E-state index contributed by atoms with van der Waals surface area (Å²) in [4.78, 5) is 21.1. The molecule has 0 saturated carbocycles. The molecule has 2 N–H and O–H groups in total. The first-order chi connectivity index (χ1) is 6.47. The zero-order chi connectivity index (χ0) is 11.1. The second-order valence-corrected chi connectivity index (χ2v) is 4.21. The van der Waals surface area contributed by atoms with Crippen LogP contribution in [0.1, 0.15) is 6.92 Å². The monoisotopic (exact) mass is 225 g/mol. The van der Waals surface area contributed by atoms with E-state index in [2.05, 4.69) is 5.32 Å². The minimum absolute atomic E-state index is 0.205. The molecular formula is C7H12FNO4S. The SMILES string of the molecule is CC(=O)NC(CS(=O)CCF)C(=O)O. The zero-order valence-electron chi connectivity index (χ0n) is 7.66. The maximum absolute atomic E-state index is 11.7. The van der Waals surface area contributed by atoms with Crippen LogP contribution in [0.3, 0.4) is 0 Å². The van der Waals surface area contributed by atoms with E-state index in [1.807, 2.05) is 0 Å². The third-order valence-corrected chi connectivity index (χ3v) is 2.65. The molecule has 0 aromatic rings. The standard InChI is InChI=1S/C7H12FNO4S/c1-5(10)9-6(7(11)12)4-14(13)3-2-8/h6H,2-4H2,1H3,(H,9,10)(H,11,12). The van der Waals surface area contributed by atoms with Gasteiger partial charge >= 0.3 is 5.97 Å². The Labute approximate surface area is 83.1 Å². The lowest BCUT2D eigenvalue weighted by Crippen LogP contribution is -2.43. The van der Waals surface area contributed by atoms with E-state index in [1.165, 1.54) is 0 Å². The molecule has 7 heteroatoms. The number of nitrogens with one attached hydrogen (secondary N) is 1. The third kappa shape index (κ3) is 5.63. The number of rotatable bonds is 6. The van der Waals surface area contributed by atoms with Gasteiger partial charge in [0.15, 0.2) is 0 Å². The Hall–Kier alpha value is -0.980. The number of alkyl halides is 1. The lowest BCUT2D eigenvalue weighted by Gasteiger charge is -2.11. The summed E-state index contributed by atoms with van der Waals surface area (Å²) in [6, 6.07) is -1.21. The summed E-state index contributed by atoms with van der Waals surface area (Å²) < 4.78 is 22.7. The van der Waals surface area contributed by atoms with Crippen LogP contribution in [0, 0.1) is 0 Å². The summed E-state index contributed by atoms with van der Waals surface area (Å²) in [7, 11) is -1.56. The third-order valence-electron chi connectivity index (χ3n) is 1.33. The van der Waals surface area contributed by atoms with Gasteiger partial charge in [-0.25, -0.2) is 4.79 Å². The summed E-state index contributed by atoms with van der Waals surface area (Å²) in [5.41, 5.74) is 0. The van der Waals surface area contributed by atoms with Crippen LogP contribution < -0.4 is 5.32 Å². The van der Waals surface area contributed by atoms with Crippen molar-refractivity contribution >= 4 is 22.7 Å². The van der Waals surface area contributed by atoms with Gasteiger partial charge in [-0.3, -0.25) is 13.4 Å². The van der Waals surface area contributed by atoms with Gasteiger partial charge in [-0.15, -0.1) is 0 Å². The van der Waals surface area contributed by atoms with Crippen molar-refractivity contribution in [2.24, 2.45) is 0 Å². The van der Waals surface area contributed by atoms with Crippen LogP contribution in [0.5, 0.6) is 0 Å². The molecule has 5 nitrogen and oxygen atoms in total. The highest BCUT2D eigenvalue weighted by Crippen LogP contribution is 1.92. The van der Waals surface area contributed by atoms with Gasteiger partial charge in [0.2, 0.25) is 5.91 Å². The van der Waals surface area contributed by atoms with E-state index >= 15 is 0 Å². The highest BCUT2D eigenvalue weighted by Gasteiger charge is 2.20. The van der Waals surface area contributed by atoms with Gasteiger partial charge in [-0.2, -0.15) is 0 Å². The predicted molar refractivity (Wildman–Crippen MR) is 49.1 cm³/mol. The first-order valence-corrected chi connectivity index (χ1v) is 5.37. The average molecular weight is 225 g/mol. The zero-order valence-corrected chi connectivity index (χ0v) is 8.47. The fourth-order valence-electron chi connectivity index (χ4n) is 0.775. The Morgan fingerprint density at radius 3 is 2.50 bits per heavy atom. The highest BCUT2D eigenvalue weighted by molar-refractivity contribution is 7.85. The molecule has 0 bridgehead atoms. The predicted octanol–water partition coefficient (Wildman–Crippen LogP) is -0.706. The van der Waals surface area contributed by atoms with Crippen molar-refractivity contribution in [3.8, 4) is 0 Å². The van der Waals surface area contributed by atoms with Gasteiger partial charge in [0.05, 0.1) is 11.5 Å². The second kappa shape index (κ2) is 6.47. The Morgan fingerprint density at radius 2 is 2.14 bits per heavy atom. The highest BCUT2D eigenvalue weighted by atomic mass is 32.2. The normalized spacial score (nSPS) is 14.4. The smallest absolute Gasteiger partial charge is 0.327 e. The number of halogens is 1. The summed E-state index contributed by atoms with van der Waals surface area (Å²) >= 11 is 0. The molecular weight excluding hydrogens is 213 g/mol. The van der Waals surface area contributed by atoms with Crippen molar-refractivity contribution in [2.45, 2.75) is 13.0 Å². The minimum Gasteiger partial charge on any atom is -0.480 e. The molecule has 0 saturated heterocycles. The number of carbonyl (C=O) groups excluding carboxylic acids is 1. The van der Waals surface area contributed by atoms with Crippen LogP contribution in [-0.2, 0) is 20.4 Å². The molecule has 14 heavy (non-hydrogen) atoms. The van der Waals surface area contributed by atoms with Crippen LogP contribution in [0.4, 0.5) is 4.39 Å². The van der Waals surface area contributed by atoms with Crippen molar-refractivity contribution in [3.05, 3.63) is 0 Å². The number of hydrogen-bond acceptors (Lipinski definition) is 3. The number of carbonyl (C=O) groups is 2. The molecule has 0 fully saturated rings. The second-order valence-electron chi connectivity index (χ2n) is 2.59. The molecule has 1 amide bonds. The molecule has 2 unspecified atom stereocenters. The number of carboxylic acid groups (broad SMARTS) is 1. The van der Waals surface area contributed by atoms with Crippen molar-refractivity contribution in [1.29, 1.82) is 0 Å². The Balaban J connectivity index is 4.16. The van der Waals surface area contributed by atoms with Gasteiger partial charge in [0.25, 0.3) is 0 Å². The van der Waals surface area contributed by atoms with E-state index in [1.54, 1.807) is 0 Å². The molecule has 0 aromatic carbocycles. The molecule has 0 heterocycles. The van der Waals surface area contributed by atoms with E-state index in [-0.39, 0.29) is 11.5 Å². The minimum atomic E-state index is -1.56. The Morgan fingerprint density at radius 1 is 1.57 bits per heavy atom. The first-order valence-electron chi connectivity index (χ1n) is 3.88. The van der Waals surface area contributed by atoms with E-state index in [0.29, 0.717) is 0 Å². The maximum Gasteiger partial charge on any atom is 0.327 e. The molecule has 0 rings (SSSR count). The molecule has 0 aliphatic rings. The Bertz CT molecular complexity index is 246. The lowest BCUT2D eigenvalue weighted by molar-refractivity contribution is -0.140. The van der Waals surface area contributed by atoms with Crippen molar-refractivity contribution < 1.29 is 23.3 Å². The lowest BCUT2D eigenvalue weighted by atomic mass is 10.3. The van der Waals surface area contributed by atoms with E-state index < -0.39 is 35.4 Å². The molecule has 2 atom stereocenters. The molecule has 0 aromatic heterocycles. The number of carboxylic acids is 1. The van der Waals surface area contributed by atoms with Crippen LogP contribution in [-0.4, -0.2) is 45.4 Å². The molecule has 0 spiro atoms. The van der Waals surface area contributed by atoms with Crippen LogP contribution in [0.2, 0.25) is 0 Å². The van der Waals surface area contributed by atoms with Crippen LogP contribution in [0.15, 0.2) is 0 Å². The average Bonchev–Trinajstić information content (AvgIpc) is 2.02. The quantitative estimate of drug-likeness (QED) is 0.625. The first kappa shape index (κ1) is 13.0. The fraction of sp³-hybridized carbons (Fsp3) is 0.714. The van der Waals surface area contributed by atoms with E-state index in [4.69, 9.17) is 5.11 Å². The van der Waals surface area contributed by atoms with E-state index in [9.17, 15) is 18.2 Å². The molecule has 0 radical (unpaired) electrons. The van der Waals surface area contributed by atoms with Gasteiger partial charge in [-0.1, -0.05) is 0 Å². The van der Waals surface area contributed by atoms with Crippen LogP contribution in [0.25, 0.3) is 0 Å². The van der Waals surface area contributed by atoms with Gasteiger partial charge in [0, 0.05) is 17.7 Å². The fourth-order valence-corrected chi connectivity index (χ4v) is 1.71. The van der Waals surface area contributed by atoms with Gasteiger partial charge < -0.3 is 10.4 Å². The van der Waals surface area contributed by atoms with Gasteiger partial charge in [-0.05, 0) is 0 Å². The largest absolute Gasteiger partial charge is 0.480 e. The topological polar surface area (TPSA) is 83.5 Å². The summed E-state index contributed by atoms with van der Waals surface area (Å²) in [6.07, 6.45) is 0. The maximum atomic E-state index is 11.7. The number of hydrogen-bond donors (Lipinski definition) is 2.